The number of nitrogens with one attached hydrogen (secondary N) is 1. The van der Waals surface area contributed by atoms with E-state index in [1.165, 1.54) is 7.11 Å². The molecule has 6 heteroatoms. The molecule has 0 radical (unpaired) electrons. The lowest BCUT2D eigenvalue weighted by Crippen LogP contribution is -2.34. The van der Waals surface area contributed by atoms with Gasteiger partial charge in [0.15, 0.2) is 0 Å². The van der Waals surface area contributed by atoms with Gasteiger partial charge in [0.05, 0.1) is 18.3 Å². The first-order valence-corrected chi connectivity index (χ1v) is 6.12. The summed E-state index contributed by atoms with van der Waals surface area (Å²) in [7, 11) is 1.49. The van der Waals surface area contributed by atoms with Crippen molar-refractivity contribution in [1.82, 2.24) is 5.32 Å². The van der Waals surface area contributed by atoms with Crippen molar-refractivity contribution in [3.05, 3.63) is 33.3 Å². The number of carbonyl (C=O) groups excluding carboxylic acids is 1. The molecule has 17 heavy (non-hydrogen) atoms. The van der Waals surface area contributed by atoms with E-state index in [0.29, 0.717) is 15.1 Å². The molecular weight excluding hydrogens is 309 g/mol. The van der Waals surface area contributed by atoms with Crippen molar-refractivity contribution >= 4 is 33.4 Å². The van der Waals surface area contributed by atoms with Gasteiger partial charge in [-0.1, -0.05) is 11.6 Å². The Hall–Kier alpha value is -0.620. The van der Waals surface area contributed by atoms with Crippen LogP contribution in [0.2, 0.25) is 5.02 Å². The smallest absolute Gasteiger partial charge is 0.252 e. The van der Waals surface area contributed by atoms with Crippen LogP contribution in [0.15, 0.2) is 22.7 Å². The maximum absolute atomic E-state index is 11.7. The van der Waals surface area contributed by atoms with Crippen LogP contribution in [0.5, 0.6) is 0 Å². The van der Waals surface area contributed by atoms with Crippen molar-refractivity contribution in [2.45, 2.75) is 6.10 Å². The van der Waals surface area contributed by atoms with Gasteiger partial charge in [-0.25, -0.2) is 0 Å². The van der Waals surface area contributed by atoms with Gasteiger partial charge in [-0.05, 0) is 34.1 Å². The Bertz CT molecular complexity index is 400. The Morgan fingerprint density at radius 2 is 2.35 bits per heavy atom. The highest BCUT2D eigenvalue weighted by Gasteiger charge is 2.11. The molecule has 1 amide bonds. The number of hydrogen-bond acceptors (Lipinski definition) is 3. The van der Waals surface area contributed by atoms with Crippen molar-refractivity contribution < 1.29 is 14.6 Å². The summed E-state index contributed by atoms with van der Waals surface area (Å²) in [6.45, 7) is 0.323. The summed E-state index contributed by atoms with van der Waals surface area (Å²) in [4.78, 5) is 11.7. The molecule has 0 saturated heterocycles. The van der Waals surface area contributed by atoms with Gasteiger partial charge in [0.1, 0.15) is 0 Å². The zero-order valence-corrected chi connectivity index (χ0v) is 11.6. The lowest BCUT2D eigenvalue weighted by atomic mass is 10.2. The number of halogens is 2. The summed E-state index contributed by atoms with van der Waals surface area (Å²) < 4.78 is 5.37. The summed E-state index contributed by atoms with van der Waals surface area (Å²) in [6, 6.07) is 4.89. The molecule has 1 atom stereocenters. The molecule has 0 aliphatic rings. The fraction of sp³-hybridized carbons (Fsp3) is 0.364. The number of rotatable bonds is 5. The van der Waals surface area contributed by atoms with Gasteiger partial charge >= 0.3 is 0 Å². The maximum Gasteiger partial charge on any atom is 0.252 e. The topological polar surface area (TPSA) is 58.6 Å². The second-order valence-electron chi connectivity index (χ2n) is 3.44. The highest BCUT2D eigenvalue weighted by molar-refractivity contribution is 9.10. The van der Waals surface area contributed by atoms with Crippen LogP contribution >= 0.6 is 27.5 Å². The second-order valence-corrected chi connectivity index (χ2v) is 4.73. The molecule has 0 fully saturated rings. The summed E-state index contributed by atoms with van der Waals surface area (Å²) in [5.41, 5.74) is 0.471. The molecule has 0 aliphatic carbocycles. The van der Waals surface area contributed by atoms with E-state index in [-0.39, 0.29) is 19.1 Å². The number of ether oxygens (including phenoxy) is 1. The van der Waals surface area contributed by atoms with Crippen LogP contribution < -0.4 is 5.32 Å². The SMILES string of the molecule is COCC(O)CNC(=O)c1ccc(Cl)cc1Br. The Morgan fingerprint density at radius 1 is 1.65 bits per heavy atom. The highest BCUT2D eigenvalue weighted by atomic mass is 79.9. The van der Waals surface area contributed by atoms with Crippen molar-refractivity contribution in [2.75, 3.05) is 20.3 Å². The van der Waals surface area contributed by atoms with Crippen LogP contribution in [-0.2, 0) is 4.74 Å². The number of aliphatic hydroxyl groups is 1. The van der Waals surface area contributed by atoms with Gasteiger partial charge in [-0.3, -0.25) is 4.79 Å². The molecule has 0 saturated carbocycles. The molecule has 0 aliphatic heterocycles. The fourth-order valence-corrected chi connectivity index (χ4v) is 2.09. The number of carbonyl (C=O) groups is 1. The van der Waals surface area contributed by atoms with Crippen LogP contribution in [-0.4, -0.2) is 37.4 Å². The number of hydrogen-bond donors (Lipinski definition) is 2. The molecule has 4 nitrogen and oxygen atoms in total. The zero-order chi connectivity index (χ0) is 12.8. The van der Waals surface area contributed by atoms with Crippen molar-refractivity contribution in [2.24, 2.45) is 0 Å². The predicted octanol–water partition coefficient (Wildman–Crippen LogP) is 1.84. The normalized spacial score (nSPS) is 12.2. The van der Waals surface area contributed by atoms with Crippen LogP contribution in [0.3, 0.4) is 0 Å². The molecular formula is C11H13BrClNO3. The second kappa shape index (κ2) is 6.96. The highest BCUT2D eigenvalue weighted by Crippen LogP contribution is 2.21. The van der Waals surface area contributed by atoms with Gasteiger partial charge in [0.25, 0.3) is 5.91 Å². The first-order chi connectivity index (χ1) is 8.04. The van der Waals surface area contributed by atoms with Crippen LogP contribution in [0.4, 0.5) is 0 Å². The molecule has 94 valence electrons. The van der Waals surface area contributed by atoms with E-state index < -0.39 is 6.10 Å². The minimum absolute atomic E-state index is 0.141. The van der Waals surface area contributed by atoms with Crippen LogP contribution in [0.25, 0.3) is 0 Å². The van der Waals surface area contributed by atoms with E-state index in [2.05, 4.69) is 21.2 Å². The summed E-state index contributed by atoms with van der Waals surface area (Å²) >= 11 is 9.03. The molecule has 0 heterocycles. The molecule has 0 bridgehead atoms. The molecule has 1 rings (SSSR count). The summed E-state index contributed by atoms with van der Waals surface area (Å²) in [6.07, 6.45) is -0.713. The largest absolute Gasteiger partial charge is 0.389 e. The van der Waals surface area contributed by atoms with Gasteiger partial charge in [-0.2, -0.15) is 0 Å². The first-order valence-electron chi connectivity index (χ1n) is 4.95. The van der Waals surface area contributed by atoms with Crippen LogP contribution in [0, 0.1) is 0 Å². The fourth-order valence-electron chi connectivity index (χ4n) is 1.23. The van der Waals surface area contributed by atoms with E-state index in [9.17, 15) is 9.90 Å². The van der Waals surface area contributed by atoms with Crippen molar-refractivity contribution in [3.63, 3.8) is 0 Å². The Morgan fingerprint density at radius 3 is 2.94 bits per heavy atom. The van der Waals surface area contributed by atoms with Crippen LogP contribution in [0.1, 0.15) is 10.4 Å². The number of aliphatic hydroxyl groups excluding tert-OH is 1. The van der Waals surface area contributed by atoms with Gasteiger partial charge in [0, 0.05) is 23.1 Å². The number of benzene rings is 1. The Labute approximate surface area is 113 Å². The minimum atomic E-state index is -0.713. The quantitative estimate of drug-likeness (QED) is 0.869. The van der Waals surface area contributed by atoms with E-state index in [4.69, 9.17) is 16.3 Å². The molecule has 0 aromatic heterocycles. The zero-order valence-electron chi connectivity index (χ0n) is 9.24. The van der Waals surface area contributed by atoms with Crippen molar-refractivity contribution in [1.29, 1.82) is 0 Å². The average molecular weight is 323 g/mol. The Balaban J connectivity index is 2.58. The van der Waals surface area contributed by atoms with E-state index in [0.717, 1.165) is 0 Å². The van der Waals surface area contributed by atoms with Gasteiger partial charge in [-0.15, -0.1) is 0 Å². The van der Waals surface area contributed by atoms with E-state index >= 15 is 0 Å². The predicted molar refractivity (Wildman–Crippen MR) is 69.4 cm³/mol. The summed E-state index contributed by atoms with van der Waals surface area (Å²) in [5, 5.41) is 12.5. The monoisotopic (exact) mass is 321 g/mol. The molecule has 1 aromatic carbocycles. The third-order valence-corrected chi connectivity index (χ3v) is 2.92. The maximum atomic E-state index is 11.7. The molecule has 1 aromatic rings. The molecule has 0 spiro atoms. The third kappa shape index (κ3) is 4.63. The van der Waals surface area contributed by atoms with E-state index in [1.807, 2.05) is 0 Å². The lowest BCUT2D eigenvalue weighted by Gasteiger charge is -2.11. The Kier molecular flexibility index (Phi) is 5.91. The molecule has 1 unspecified atom stereocenters. The average Bonchev–Trinajstić information content (AvgIpc) is 2.26. The van der Waals surface area contributed by atoms with Gasteiger partial charge in [0.2, 0.25) is 0 Å². The summed E-state index contributed by atoms with van der Waals surface area (Å²) in [5.74, 6) is -0.274. The minimum Gasteiger partial charge on any atom is -0.389 e. The van der Waals surface area contributed by atoms with Gasteiger partial charge < -0.3 is 15.2 Å². The first kappa shape index (κ1) is 14.4. The lowest BCUT2D eigenvalue weighted by molar-refractivity contribution is 0.0609. The van der Waals surface area contributed by atoms with Crippen molar-refractivity contribution in [3.8, 4) is 0 Å². The third-order valence-electron chi connectivity index (χ3n) is 2.03. The number of amides is 1. The standard InChI is InChI=1S/C11H13BrClNO3/c1-17-6-8(15)5-14-11(16)9-3-2-7(13)4-10(9)12/h2-4,8,15H,5-6H2,1H3,(H,14,16). The number of methoxy groups -OCH3 is 1. The molecule has 2 N–H and O–H groups in total. The van der Waals surface area contributed by atoms with E-state index in [1.54, 1.807) is 18.2 Å².